The Hall–Kier alpha value is -1.52. The Kier molecular flexibility index (Phi) is 4.18. The van der Waals surface area contributed by atoms with Gasteiger partial charge in [0.05, 0.1) is 30.0 Å². The van der Waals surface area contributed by atoms with Crippen molar-refractivity contribution in [2.24, 2.45) is 11.3 Å². The zero-order valence-electron chi connectivity index (χ0n) is 18.3. The highest BCUT2D eigenvalue weighted by atomic mass is 16.7. The van der Waals surface area contributed by atoms with E-state index in [1.807, 2.05) is 6.92 Å². The predicted octanol–water partition coefficient (Wildman–Crippen LogP) is -0.0124. The molecule has 11 unspecified atom stereocenters. The van der Waals surface area contributed by atoms with Crippen molar-refractivity contribution in [1.82, 2.24) is 0 Å². The molecule has 0 aromatic rings. The second kappa shape index (κ2) is 6.08. The molecule has 2 aliphatic carbocycles. The third-order valence-electron chi connectivity index (χ3n) is 8.53. The van der Waals surface area contributed by atoms with E-state index >= 15 is 0 Å². The largest absolute Gasteiger partial charge is 0.459 e. The number of ether oxygens (including phenoxy) is 4. The van der Waals surface area contributed by atoms with Gasteiger partial charge in [-0.1, -0.05) is 12.5 Å². The van der Waals surface area contributed by atoms with Gasteiger partial charge in [0.25, 0.3) is 0 Å². The van der Waals surface area contributed by atoms with Gasteiger partial charge in [0.15, 0.2) is 17.3 Å². The summed E-state index contributed by atoms with van der Waals surface area (Å²) in [5.41, 5.74) is -4.12. The Morgan fingerprint density at radius 3 is 2.52 bits per heavy atom. The average molecular weight is 438 g/mol. The number of rotatable bonds is 1. The first kappa shape index (κ1) is 21.3. The Bertz CT molecular complexity index is 886. The number of aliphatic hydroxyl groups excluding tert-OH is 3. The van der Waals surface area contributed by atoms with Crippen LogP contribution in [0.1, 0.15) is 47.5 Å². The van der Waals surface area contributed by atoms with Gasteiger partial charge in [-0.3, -0.25) is 4.79 Å². The lowest BCUT2D eigenvalue weighted by atomic mass is 9.53. The smallest absolute Gasteiger partial charge is 0.342 e. The minimum absolute atomic E-state index is 0.121. The molecule has 0 amide bonds. The topological polar surface area (TPSA) is 138 Å². The van der Waals surface area contributed by atoms with Gasteiger partial charge in [-0.25, -0.2) is 4.79 Å². The Morgan fingerprint density at radius 1 is 1.23 bits per heavy atom. The van der Waals surface area contributed by atoms with Crippen LogP contribution in [0.2, 0.25) is 0 Å². The summed E-state index contributed by atoms with van der Waals surface area (Å²) in [5.74, 6) is -1.92. The number of carbonyl (C=O) groups is 2. The van der Waals surface area contributed by atoms with Crippen LogP contribution in [-0.4, -0.2) is 80.7 Å². The van der Waals surface area contributed by atoms with Crippen LogP contribution in [0.4, 0.5) is 0 Å². The van der Waals surface area contributed by atoms with Crippen LogP contribution in [0.3, 0.4) is 0 Å². The molecule has 9 heteroatoms. The second-order valence-corrected chi connectivity index (χ2v) is 10.4. The summed E-state index contributed by atoms with van der Waals surface area (Å²) in [4.78, 5) is 25.0. The van der Waals surface area contributed by atoms with Gasteiger partial charge in [0, 0.05) is 24.7 Å². The van der Waals surface area contributed by atoms with E-state index in [9.17, 15) is 24.9 Å². The van der Waals surface area contributed by atoms with Crippen molar-refractivity contribution in [1.29, 1.82) is 0 Å². The van der Waals surface area contributed by atoms with Crippen LogP contribution >= 0.6 is 0 Å². The molecule has 3 N–H and O–H groups in total. The molecule has 4 fully saturated rings. The van der Waals surface area contributed by atoms with Crippen molar-refractivity contribution in [2.45, 2.75) is 101 Å². The first-order chi connectivity index (χ1) is 14.3. The highest BCUT2D eigenvalue weighted by molar-refractivity contribution is 5.89. The minimum Gasteiger partial charge on any atom is -0.459 e. The molecular formula is C22H30O9. The number of fused-ring (bicyclic) bond motifs is 3. The summed E-state index contributed by atoms with van der Waals surface area (Å²) in [5, 5.41) is 33.4. The normalized spacial score (nSPS) is 57.4. The lowest BCUT2D eigenvalue weighted by Gasteiger charge is -2.53. The van der Waals surface area contributed by atoms with E-state index < -0.39 is 70.6 Å². The molecule has 0 bridgehead atoms. The van der Waals surface area contributed by atoms with Crippen molar-refractivity contribution < 1.29 is 43.9 Å². The maximum absolute atomic E-state index is 12.7. The molecule has 0 radical (unpaired) electrons. The van der Waals surface area contributed by atoms with Crippen LogP contribution in [0, 0.1) is 11.3 Å². The van der Waals surface area contributed by atoms with E-state index in [1.54, 1.807) is 26.8 Å². The van der Waals surface area contributed by atoms with Crippen LogP contribution in [0.5, 0.6) is 0 Å². The van der Waals surface area contributed by atoms with Gasteiger partial charge in [-0.2, -0.15) is 0 Å². The maximum Gasteiger partial charge on any atom is 0.342 e. The minimum atomic E-state index is -1.34. The van der Waals surface area contributed by atoms with Crippen LogP contribution in [-0.2, 0) is 28.5 Å². The van der Waals surface area contributed by atoms with Gasteiger partial charge >= 0.3 is 11.9 Å². The van der Waals surface area contributed by atoms with E-state index in [4.69, 9.17) is 18.9 Å². The molecule has 5 rings (SSSR count). The molecule has 1 spiro atoms. The summed E-state index contributed by atoms with van der Waals surface area (Å²) in [6.45, 7) is 8.16. The van der Waals surface area contributed by atoms with Gasteiger partial charge < -0.3 is 34.3 Å². The number of aliphatic hydroxyl groups is 3. The van der Waals surface area contributed by atoms with Gasteiger partial charge in [-0.15, -0.1) is 0 Å². The van der Waals surface area contributed by atoms with Gasteiger partial charge in [0.2, 0.25) is 0 Å². The SMILES string of the molecule is CC(=O)OC1C2C3(C)OC3CC(O)C2(C)C(O)C(O)CC(C)=CC2OC(=O)C3(C)OC213. The maximum atomic E-state index is 12.7. The highest BCUT2D eigenvalue weighted by Crippen LogP contribution is 2.69. The van der Waals surface area contributed by atoms with Gasteiger partial charge in [-0.05, 0) is 33.3 Å². The number of hydrogen-bond donors (Lipinski definition) is 3. The van der Waals surface area contributed by atoms with E-state index in [2.05, 4.69) is 0 Å². The second-order valence-electron chi connectivity index (χ2n) is 10.4. The Balaban J connectivity index is 1.75. The van der Waals surface area contributed by atoms with Crippen LogP contribution < -0.4 is 0 Å². The van der Waals surface area contributed by atoms with Gasteiger partial charge in [0.1, 0.15) is 6.10 Å². The number of esters is 2. The first-order valence-electron chi connectivity index (χ1n) is 10.8. The molecule has 0 aromatic heterocycles. The van der Waals surface area contributed by atoms with E-state index in [1.165, 1.54) is 6.92 Å². The Morgan fingerprint density at radius 2 is 1.90 bits per heavy atom. The lowest BCUT2D eigenvalue weighted by molar-refractivity contribution is -0.207. The Labute approximate surface area is 180 Å². The third-order valence-corrected chi connectivity index (χ3v) is 8.53. The number of carbonyl (C=O) groups excluding carboxylic acids is 2. The summed E-state index contributed by atoms with van der Waals surface area (Å²) in [6, 6.07) is 0. The zero-order chi connectivity index (χ0) is 22.7. The molecule has 0 aromatic carbocycles. The van der Waals surface area contributed by atoms with Crippen molar-refractivity contribution in [3.63, 3.8) is 0 Å². The van der Waals surface area contributed by atoms with Crippen molar-refractivity contribution in [3.05, 3.63) is 11.6 Å². The first-order valence-corrected chi connectivity index (χ1v) is 10.8. The summed E-state index contributed by atoms with van der Waals surface area (Å²) in [7, 11) is 0. The number of hydrogen-bond acceptors (Lipinski definition) is 9. The van der Waals surface area contributed by atoms with Crippen molar-refractivity contribution >= 4 is 11.9 Å². The van der Waals surface area contributed by atoms with E-state index in [-0.39, 0.29) is 18.9 Å². The summed E-state index contributed by atoms with van der Waals surface area (Å²) >= 11 is 0. The number of epoxide rings is 2. The molecule has 3 saturated heterocycles. The van der Waals surface area contributed by atoms with Crippen molar-refractivity contribution in [2.75, 3.05) is 0 Å². The molecule has 11 atom stereocenters. The molecule has 172 valence electrons. The summed E-state index contributed by atoms with van der Waals surface area (Å²) in [6.07, 6.45) is -3.69. The fourth-order valence-electron chi connectivity index (χ4n) is 6.69. The zero-order valence-corrected chi connectivity index (χ0v) is 18.3. The fourth-order valence-corrected chi connectivity index (χ4v) is 6.69. The molecule has 31 heavy (non-hydrogen) atoms. The molecule has 1 saturated carbocycles. The molecule has 3 aliphatic heterocycles. The average Bonchev–Trinajstić information content (AvgIpc) is 3.49. The molecule has 3 heterocycles. The van der Waals surface area contributed by atoms with Crippen LogP contribution in [0.25, 0.3) is 0 Å². The van der Waals surface area contributed by atoms with E-state index in [0.717, 1.165) is 0 Å². The summed E-state index contributed by atoms with van der Waals surface area (Å²) < 4.78 is 23.5. The standard InChI is InChI=1S/C22H30O9/c1-9-6-11(24)16(26)19(3)12(25)8-13-20(4,30-13)15(19)17(28-10(2)23)22-14(7-9)29-18(27)21(22,5)31-22/h7,11-17,24-26H,6,8H2,1-5H3. The van der Waals surface area contributed by atoms with E-state index in [0.29, 0.717) is 5.57 Å². The quantitative estimate of drug-likeness (QED) is 0.293. The molecule has 9 nitrogen and oxygen atoms in total. The fraction of sp³-hybridized carbons (Fsp3) is 0.818. The highest BCUT2D eigenvalue weighted by Gasteiger charge is 2.89. The molecular weight excluding hydrogens is 408 g/mol. The predicted molar refractivity (Wildman–Crippen MR) is 104 cm³/mol. The monoisotopic (exact) mass is 438 g/mol. The molecule has 5 aliphatic rings. The van der Waals surface area contributed by atoms with Crippen molar-refractivity contribution in [3.8, 4) is 0 Å². The lowest BCUT2D eigenvalue weighted by Crippen LogP contribution is -2.67. The van der Waals surface area contributed by atoms with Crippen LogP contribution in [0.15, 0.2) is 11.6 Å². The third kappa shape index (κ3) is 2.44.